The molecular formula is C11H14N2O2S. The van der Waals surface area contributed by atoms with E-state index in [2.05, 4.69) is 57.0 Å². The molecule has 16 heavy (non-hydrogen) atoms. The summed E-state index contributed by atoms with van der Waals surface area (Å²) in [6.45, 7) is 0.728. The van der Waals surface area contributed by atoms with Gasteiger partial charge in [0.2, 0.25) is 0 Å². The predicted molar refractivity (Wildman–Crippen MR) is 65.8 cm³/mol. The van der Waals surface area contributed by atoms with E-state index in [-0.39, 0.29) is 0 Å². The van der Waals surface area contributed by atoms with Crippen molar-refractivity contribution in [3.05, 3.63) is 36.0 Å². The van der Waals surface area contributed by atoms with Gasteiger partial charge in [0, 0.05) is 31.2 Å². The van der Waals surface area contributed by atoms with Crippen LogP contribution in [0, 0.1) is 0 Å². The highest BCUT2D eigenvalue weighted by atomic mass is 32.1. The Morgan fingerprint density at radius 3 is 3.12 bits per heavy atom. The third-order valence-corrected chi connectivity index (χ3v) is 2.53. The molecule has 0 amide bonds. The lowest BCUT2D eigenvalue weighted by molar-refractivity contribution is -0.242. The van der Waals surface area contributed by atoms with Gasteiger partial charge >= 0.3 is 0 Å². The summed E-state index contributed by atoms with van der Waals surface area (Å²) in [6.07, 6.45) is 3.94. The zero-order valence-electron chi connectivity index (χ0n) is 8.77. The minimum absolute atomic E-state index is 0.728. The van der Waals surface area contributed by atoms with Crippen LogP contribution in [0.5, 0.6) is 0 Å². The van der Waals surface area contributed by atoms with Crippen LogP contribution in [0.2, 0.25) is 0 Å². The molecule has 1 aromatic heterocycles. The number of fused-ring (bicyclic) bond motifs is 1. The minimum Gasteiger partial charge on any atom is -0.361 e. The van der Waals surface area contributed by atoms with E-state index in [1.165, 1.54) is 16.5 Å². The van der Waals surface area contributed by atoms with E-state index < -0.39 is 0 Å². The first-order valence-electron chi connectivity index (χ1n) is 5.16. The summed E-state index contributed by atoms with van der Waals surface area (Å²) < 4.78 is 4.12. The summed E-state index contributed by atoms with van der Waals surface area (Å²) in [5.74, 6) is 0. The van der Waals surface area contributed by atoms with Crippen LogP contribution in [0.4, 0.5) is 0 Å². The van der Waals surface area contributed by atoms with Crippen LogP contribution in [0.25, 0.3) is 10.9 Å². The summed E-state index contributed by atoms with van der Waals surface area (Å²) in [5, 5.41) is 1.25. The van der Waals surface area contributed by atoms with Gasteiger partial charge in [0.1, 0.15) is 0 Å². The molecule has 4 nitrogen and oxygen atoms in total. The monoisotopic (exact) mass is 238 g/mol. The van der Waals surface area contributed by atoms with Crippen LogP contribution in [0.1, 0.15) is 12.0 Å². The maximum absolute atomic E-state index is 4.44. The number of thiol groups is 1. The van der Waals surface area contributed by atoms with Crippen molar-refractivity contribution < 1.29 is 9.32 Å². The molecule has 0 atom stereocenters. The second-order valence-corrected chi connectivity index (χ2v) is 3.70. The number of nitrogens with one attached hydrogen (secondary N) is 2. The Morgan fingerprint density at radius 1 is 1.31 bits per heavy atom. The lowest BCUT2D eigenvalue weighted by Crippen LogP contribution is -2.14. The lowest BCUT2D eigenvalue weighted by Gasteiger charge is -2.02. The van der Waals surface area contributed by atoms with E-state index >= 15 is 0 Å². The first kappa shape index (κ1) is 11.5. The first-order valence-corrected chi connectivity index (χ1v) is 5.52. The molecule has 2 rings (SSSR count). The summed E-state index contributed by atoms with van der Waals surface area (Å²) >= 11 is 3.44. The molecule has 5 heteroatoms. The largest absolute Gasteiger partial charge is 0.361 e. The topological polar surface area (TPSA) is 46.3 Å². The van der Waals surface area contributed by atoms with Gasteiger partial charge in [0.15, 0.2) is 0 Å². The molecule has 0 saturated heterocycles. The van der Waals surface area contributed by atoms with E-state index in [9.17, 15) is 0 Å². The molecule has 0 radical (unpaired) electrons. The van der Waals surface area contributed by atoms with Crippen LogP contribution in [-0.2, 0) is 15.7 Å². The first-order chi connectivity index (χ1) is 7.90. The number of rotatable bonds is 6. The Balaban J connectivity index is 1.84. The van der Waals surface area contributed by atoms with Gasteiger partial charge in [-0.05, 0) is 42.0 Å². The average Bonchev–Trinajstić information content (AvgIpc) is 2.76. The highest BCUT2D eigenvalue weighted by Crippen LogP contribution is 2.15. The van der Waals surface area contributed by atoms with Gasteiger partial charge in [-0.3, -0.25) is 0 Å². The molecule has 1 heterocycles. The molecule has 0 fully saturated rings. The van der Waals surface area contributed by atoms with Crippen LogP contribution in [-0.4, -0.2) is 11.5 Å². The SMILES string of the molecule is SOONCCCc1ccc2[nH]ccc2c1. The Kier molecular flexibility index (Phi) is 4.24. The smallest absolute Gasteiger partial charge is 0.0454 e. The van der Waals surface area contributed by atoms with E-state index in [0.29, 0.717) is 0 Å². The van der Waals surface area contributed by atoms with Crippen molar-refractivity contribution in [3.8, 4) is 0 Å². The molecule has 2 N–H and O–H groups in total. The molecule has 0 unspecified atom stereocenters. The fourth-order valence-corrected chi connectivity index (χ4v) is 1.74. The number of hydrogen-bond acceptors (Lipinski definition) is 4. The van der Waals surface area contributed by atoms with Crippen LogP contribution in [0.3, 0.4) is 0 Å². The molecule has 1 aromatic carbocycles. The average molecular weight is 238 g/mol. The predicted octanol–water partition coefficient (Wildman–Crippen LogP) is 2.40. The van der Waals surface area contributed by atoms with Crippen molar-refractivity contribution in [2.24, 2.45) is 0 Å². The number of aromatic amines is 1. The maximum atomic E-state index is 4.44. The summed E-state index contributed by atoms with van der Waals surface area (Å²) in [7, 11) is 0. The molecule has 0 aliphatic rings. The summed E-state index contributed by atoms with van der Waals surface area (Å²) in [5.41, 5.74) is 5.13. The summed E-state index contributed by atoms with van der Waals surface area (Å²) in [4.78, 5) is 7.61. The van der Waals surface area contributed by atoms with Crippen molar-refractivity contribution in [2.75, 3.05) is 6.54 Å². The number of hydroxylamine groups is 1. The normalized spacial score (nSPS) is 11.1. The van der Waals surface area contributed by atoms with Gasteiger partial charge in [0.05, 0.1) is 0 Å². The molecule has 0 aliphatic carbocycles. The highest BCUT2D eigenvalue weighted by Gasteiger charge is 1.97. The fourth-order valence-electron chi connectivity index (χ4n) is 1.69. The van der Waals surface area contributed by atoms with E-state index in [1.54, 1.807) is 0 Å². The van der Waals surface area contributed by atoms with Gasteiger partial charge in [-0.15, -0.1) is 9.32 Å². The summed E-state index contributed by atoms with van der Waals surface area (Å²) in [6, 6.07) is 8.51. The molecule has 0 spiro atoms. The molecule has 2 aromatic rings. The van der Waals surface area contributed by atoms with E-state index in [4.69, 9.17) is 0 Å². The van der Waals surface area contributed by atoms with Crippen molar-refractivity contribution in [2.45, 2.75) is 12.8 Å². The van der Waals surface area contributed by atoms with Crippen molar-refractivity contribution in [3.63, 3.8) is 0 Å². The fraction of sp³-hybridized carbons (Fsp3) is 0.273. The Hall–Kier alpha value is -1.01. The molecule has 0 bridgehead atoms. The lowest BCUT2D eigenvalue weighted by atomic mass is 10.1. The van der Waals surface area contributed by atoms with Crippen LogP contribution >= 0.6 is 12.9 Å². The number of aromatic nitrogens is 1. The van der Waals surface area contributed by atoms with Gasteiger partial charge in [-0.2, -0.15) is 5.48 Å². The van der Waals surface area contributed by atoms with E-state index in [0.717, 1.165) is 19.4 Å². The van der Waals surface area contributed by atoms with Gasteiger partial charge in [-0.25, -0.2) is 0 Å². The standard InChI is InChI=1S/C11H14N2O2S/c16-15-14-13-6-1-2-9-3-4-11-10(8-9)5-7-12-11/h3-5,7-8,12-13,16H,1-2,6H2. The molecule has 0 saturated carbocycles. The third-order valence-electron chi connectivity index (χ3n) is 2.46. The zero-order chi connectivity index (χ0) is 11.2. The van der Waals surface area contributed by atoms with Gasteiger partial charge in [0.25, 0.3) is 0 Å². The van der Waals surface area contributed by atoms with Crippen molar-refractivity contribution >= 4 is 23.8 Å². The number of hydrogen-bond donors (Lipinski definition) is 3. The maximum Gasteiger partial charge on any atom is 0.0454 e. The van der Waals surface area contributed by atoms with Crippen LogP contribution in [0.15, 0.2) is 30.5 Å². The minimum atomic E-state index is 0.728. The van der Waals surface area contributed by atoms with Crippen molar-refractivity contribution in [1.29, 1.82) is 0 Å². The number of H-pyrrole nitrogens is 1. The van der Waals surface area contributed by atoms with Crippen molar-refractivity contribution in [1.82, 2.24) is 10.5 Å². The Morgan fingerprint density at radius 2 is 2.25 bits per heavy atom. The highest BCUT2D eigenvalue weighted by molar-refractivity contribution is 7.74. The quantitative estimate of drug-likeness (QED) is 0.238. The van der Waals surface area contributed by atoms with Gasteiger partial charge in [-0.1, -0.05) is 6.07 Å². The second-order valence-electron chi connectivity index (χ2n) is 3.56. The Bertz CT molecular complexity index is 444. The Labute approximate surface area is 99.4 Å². The second kappa shape index (κ2) is 5.91. The number of benzene rings is 1. The van der Waals surface area contributed by atoms with Crippen LogP contribution < -0.4 is 5.48 Å². The van der Waals surface area contributed by atoms with E-state index in [1.807, 2.05) is 6.20 Å². The number of aryl methyl sites for hydroxylation is 1. The molecular weight excluding hydrogens is 224 g/mol. The molecule has 86 valence electrons. The zero-order valence-corrected chi connectivity index (χ0v) is 9.67. The molecule has 0 aliphatic heterocycles. The third kappa shape index (κ3) is 2.99. The van der Waals surface area contributed by atoms with Gasteiger partial charge < -0.3 is 4.98 Å².